The van der Waals surface area contributed by atoms with Crippen LogP contribution < -0.4 is 11.2 Å². The smallest absolute Gasteiger partial charge is 0.333 e. The molecule has 4 N–H and O–H groups in total. The minimum absolute atomic E-state index is 0.0561. The van der Waals surface area contributed by atoms with Crippen molar-refractivity contribution in [1.29, 1.82) is 0 Å². The van der Waals surface area contributed by atoms with Crippen molar-refractivity contribution in [2.75, 3.05) is 13.2 Å². The lowest BCUT2D eigenvalue weighted by Gasteiger charge is -2.71. The molecule has 1 aliphatic heterocycles. The largest absolute Gasteiger partial charge is 0.465 e. The van der Waals surface area contributed by atoms with Gasteiger partial charge in [-0.25, -0.2) is 4.79 Å². The number of carbonyl (C=O) groups is 1. The first-order chi connectivity index (χ1) is 30.8. The molecule has 12 atom stereocenters. The SMILES string of the molecule is CC1(C)CC[C@]2(C(=O)OCCCCCCCCCCCCCCCn3c(=O)ccn([C@@H]4O[C@H](CO)[C@@H](O)[C@H]4O)c3=O)CC[C@]3(C)C(=CC[C@@H]4[C@@]5(C)CC[C@H](O)C(C)(C)C5CC[C@]43C)[C@@H]2C1. The number of rotatable bonds is 19. The van der Waals surface area contributed by atoms with Crippen LogP contribution in [0, 0.1) is 50.2 Å². The van der Waals surface area contributed by atoms with Gasteiger partial charge in [-0.1, -0.05) is 131 Å². The molecule has 1 aromatic heterocycles. The molecule has 4 saturated carbocycles. The zero-order valence-electron chi connectivity index (χ0n) is 41.5. The van der Waals surface area contributed by atoms with Gasteiger partial charge in [0, 0.05) is 18.8 Å². The van der Waals surface area contributed by atoms with Crippen LogP contribution in [0.15, 0.2) is 33.5 Å². The minimum atomic E-state index is -1.38. The number of aromatic nitrogens is 2. The molecule has 7 rings (SSSR count). The molecule has 1 unspecified atom stereocenters. The van der Waals surface area contributed by atoms with E-state index in [1.807, 2.05) is 0 Å². The molecule has 0 radical (unpaired) electrons. The molecule has 0 bridgehead atoms. The summed E-state index contributed by atoms with van der Waals surface area (Å²) in [5, 5.41) is 40.9. The van der Waals surface area contributed by atoms with Crippen LogP contribution in [0.3, 0.4) is 0 Å². The van der Waals surface area contributed by atoms with E-state index in [0.29, 0.717) is 24.9 Å². The lowest BCUT2D eigenvalue weighted by atomic mass is 9.33. The third-order valence-electron chi connectivity index (χ3n) is 19.7. The predicted octanol–water partition coefficient (Wildman–Crippen LogP) is 9.40. The third kappa shape index (κ3) is 9.43. The first-order valence-electron chi connectivity index (χ1n) is 26.3. The number of hydrogen-bond acceptors (Lipinski definition) is 9. The molecule has 368 valence electrons. The van der Waals surface area contributed by atoms with Gasteiger partial charge < -0.3 is 29.9 Å². The molecule has 5 aliphatic carbocycles. The monoisotopic (exact) mass is 909 g/mol. The van der Waals surface area contributed by atoms with E-state index in [4.69, 9.17) is 9.47 Å². The van der Waals surface area contributed by atoms with Crippen LogP contribution in [-0.2, 0) is 20.8 Å². The summed E-state index contributed by atoms with van der Waals surface area (Å²) in [5.41, 5.74) is 0.831. The number of unbranched alkanes of at least 4 members (excludes halogenated alkanes) is 12. The molecule has 0 aromatic carbocycles. The van der Waals surface area contributed by atoms with Crippen LogP contribution in [-0.4, -0.2) is 73.2 Å². The second-order valence-electron chi connectivity index (χ2n) is 24.2. The first kappa shape index (κ1) is 50.6. The molecular weight excluding hydrogens is 821 g/mol. The van der Waals surface area contributed by atoms with Crippen molar-refractivity contribution in [1.82, 2.24) is 9.13 Å². The second kappa shape index (κ2) is 20.0. The first-order valence-corrected chi connectivity index (χ1v) is 26.3. The summed E-state index contributed by atoms with van der Waals surface area (Å²) < 4.78 is 14.1. The number of ether oxygens (including phenoxy) is 2. The zero-order valence-corrected chi connectivity index (χ0v) is 41.5. The number of aliphatic hydroxyl groups excluding tert-OH is 4. The van der Waals surface area contributed by atoms with Gasteiger partial charge in [0.25, 0.3) is 5.56 Å². The molecular formula is C54H88N2O9. The lowest BCUT2D eigenvalue weighted by Crippen LogP contribution is -2.65. The fraction of sp³-hybridized carbons (Fsp3) is 0.870. The molecule has 0 spiro atoms. The summed E-state index contributed by atoms with van der Waals surface area (Å²) in [6, 6.07) is 1.27. The average molecular weight is 909 g/mol. The minimum Gasteiger partial charge on any atom is -0.465 e. The highest BCUT2D eigenvalue weighted by Crippen LogP contribution is 2.75. The predicted molar refractivity (Wildman–Crippen MR) is 254 cm³/mol. The maximum atomic E-state index is 14.4. The number of esters is 1. The highest BCUT2D eigenvalue weighted by atomic mass is 16.6. The van der Waals surface area contributed by atoms with E-state index in [0.717, 1.165) is 92.6 Å². The highest BCUT2D eigenvalue weighted by molar-refractivity contribution is 5.78. The van der Waals surface area contributed by atoms with Gasteiger partial charge >= 0.3 is 11.7 Å². The Morgan fingerprint density at radius 1 is 0.754 bits per heavy atom. The van der Waals surface area contributed by atoms with Crippen molar-refractivity contribution in [3.05, 3.63) is 44.8 Å². The normalized spacial score (nSPS) is 38.2. The number of aliphatic hydroxyl groups is 4. The van der Waals surface area contributed by atoms with E-state index in [2.05, 4.69) is 54.5 Å². The quantitative estimate of drug-likeness (QED) is 0.0603. The van der Waals surface area contributed by atoms with Crippen LogP contribution in [0.4, 0.5) is 0 Å². The van der Waals surface area contributed by atoms with E-state index < -0.39 is 47.8 Å². The number of fused-ring (bicyclic) bond motifs is 7. The number of carbonyl (C=O) groups excluding carboxylic acids is 1. The van der Waals surface area contributed by atoms with E-state index in [1.165, 1.54) is 70.1 Å². The summed E-state index contributed by atoms with van der Waals surface area (Å²) in [5.74, 6) is 1.47. The number of hydrogen-bond donors (Lipinski definition) is 4. The van der Waals surface area contributed by atoms with E-state index in [-0.39, 0.29) is 51.6 Å². The zero-order chi connectivity index (χ0) is 47.0. The van der Waals surface area contributed by atoms with Crippen LogP contribution in [0.5, 0.6) is 0 Å². The van der Waals surface area contributed by atoms with Crippen molar-refractivity contribution in [3.63, 3.8) is 0 Å². The molecule has 6 aliphatic rings. The molecule has 65 heavy (non-hydrogen) atoms. The summed E-state index contributed by atoms with van der Waals surface area (Å²) >= 11 is 0. The van der Waals surface area contributed by atoms with E-state index in [1.54, 1.807) is 5.57 Å². The molecule has 2 heterocycles. The Kier molecular flexibility index (Phi) is 15.5. The molecule has 1 saturated heterocycles. The Morgan fingerprint density at radius 2 is 1.37 bits per heavy atom. The number of allylic oxidation sites excluding steroid dienone is 2. The lowest BCUT2D eigenvalue weighted by molar-refractivity contribution is -0.206. The Labute approximate surface area is 390 Å². The van der Waals surface area contributed by atoms with Gasteiger partial charge in [-0.2, -0.15) is 0 Å². The Hall–Kier alpha value is -2.31. The molecule has 5 fully saturated rings. The summed E-state index contributed by atoms with van der Waals surface area (Å²) in [6.07, 6.45) is 23.8. The van der Waals surface area contributed by atoms with Gasteiger partial charge in [0.2, 0.25) is 0 Å². The Bertz CT molecular complexity index is 1950. The third-order valence-corrected chi connectivity index (χ3v) is 19.7. The highest BCUT2D eigenvalue weighted by Gasteiger charge is 2.69. The summed E-state index contributed by atoms with van der Waals surface area (Å²) in [4.78, 5) is 39.9. The van der Waals surface area contributed by atoms with Gasteiger partial charge in [0.1, 0.15) is 18.3 Å². The van der Waals surface area contributed by atoms with Crippen LogP contribution in [0.25, 0.3) is 0 Å². The van der Waals surface area contributed by atoms with Crippen molar-refractivity contribution in [2.45, 2.75) is 233 Å². The molecule has 11 heteroatoms. The topological polar surface area (TPSA) is 160 Å². The van der Waals surface area contributed by atoms with Crippen LogP contribution >= 0.6 is 0 Å². The van der Waals surface area contributed by atoms with Crippen LogP contribution in [0.1, 0.15) is 202 Å². The van der Waals surface area contributed by atoms with Gasteiger partial charge in [-0.3, -0.25) is 18.7 Å². The summed E-state index contributed by atoms with van der Waals surface area (Å²) in [7, 11) is 0. The maximum absolute atomic E-state index is 14.4. The molecule has 1 aromatic rings. The molecule has 0 amide bonds. The van der Waals surface area contributed by atoms with Crippen molar-refractivity contribution >= 4 is 5.97 Å². The standard InChI is InChI=1S/C54H88N2O9/c1-49(2)28-30-54(31-29-52(6)37(38(54)35-49)21-22-41-51(5)26-24-42(58)50(3,4)40(51)23-27-53(41,52)7)47(62)64-34-20-18-16-14-12-10-8-9-11-13-15-17-19-32-55-43(59)25-33-56(48(55)63)46-45(61)44(60)39(36-57)65-46/h21,25,33,38-42,44-46,57-58,60-61H,8-20,22-24,26-32,34-36H2,1-7H3/t38-,39+,40?,41+,42-,44+,45+,46+,51-,52+,53+,54-/m0/s1. The van der Waals surface area contributed by atoms with Gasteiger partial charge in [-0.05, 0) is 122 Å². The van der Waals surface area contributed by atoms with Gasteiger partial charge in [0.05, 0.1) is 24.7 Å². The van der Waals surface area contributed by atoms with Gasteiger partial charge in [-0.15, -0.1) is 0 Å². The molecule has 11 nitrogen and oxygen atoms in total. The fourth-order valence-electron chi connectivity index (χ4n) is 15.3. The van der Waals surface area contributed by atoms with E-state index in [9.17, 15) is 34.8 Å². The van der Waals surface area contributed by atoms with Crippen molar-refractivity contribution in [2.24, 2.45) is 50.2 Å². The Balaban J connectivity index is 0.789. The summed E-state index contributed by atoms with van der Waals surface area (Å²) in [6.45, 7) is 17.6. The van der Waals surface area contributed by atoms with Gasteiger partial charge in [0.15, 0.2) is 6.23 Å². The van der Waals surface area contributed by atoms with E-state index >= 15 is 0 Å². The van der Waals surface area contributed by atoms with Crippen molar-refractivity contribution < 1.29 is 34.7 Å². The number of nitrogens with zero attached hydrogens (tertiary/aromatic N) is 2. The van der Waals surface area contributed by atoms with Crippen LogP contribution in [0.2, 0.25) is 0 Å². The average Bonchev–Trinajstić information content (AvgIpc) is 3.54. The maximum Gasteiger partial charge on any atom is 0.333 e. The second-order valence-corrected chi connectivity index (χ2v) is 24.2. The van der Waals surface area contributed by atoms with Crippen molar-refractivity contribution in [3.8, 4) is 0 Å². The fourth-order valence-corrected chi connectivity index (χ4v) is 15.3. The Morgan fingerprint density at radius 3 is 2.00 bits per heavy atom.